The molecule has 0 aliphatic heterocycles. The molecule has 1 aromatic rings. The Bertz CT molecular complexity index is 698. The van der Waals surface area contributed by atoms with Gasteiger partial charge < -0.3 is 14.6 Å². The van der Waals surface area contributed by atoms with Crippen LogP contribution in [0, 0.1) is 29.1 Å². The number of benzene rings is 1. The third-order valence-electron chi connectivity index (χ3n) is 4.55. The maximum atomic E-state index is 12.0. The number of allylic oxidation sites excluding steroid dienone is 1. The molecule has 0 radical (unpaired) electrons. The number of aliphatic hydroxyl groups is 1. The molecule has 2 rings (SSSR count). The number of esters is 2. The average molecular weight is 358 g/mol. The Morgan fingerprint density at radius 3 is 2.54 bits per heavy atom. The molecule has 1 aliphatic carbocycles. The lowest BCUT2D eigenvalue weighted by Gasteiger charge is -2.20. The minimum atomic E-state index is -0.691. The molecule has 2 N–H and O–H groups in total. The van der Waals surface area contributed by atoms with E-state index in [0.717, 1.165) is 5.56 Å². The van der Waals surface area contributed by atoms with Crippen LogP contribution in [0.15, 0.2) is 42.5 Å². The fourth-order valence-corrected chi connectivity index (χ4v) is 3.14. The summed E-state index contributed by atoms with van der Waals surface area (Å²) in [7, 11) is 2.55. The molecule has 1 aromatic carbocycles. The van der Waals surface area contributed by atoms with Crippen molar-refractivity contribution in [1.29, 1.82) is 5.26 Å². The molecule has 0 heterocycles. The Balaban J connectivity index is 2.15. The van der Waals surface area contributed by atoms with Crippen molar-refractivity contribution in [1.82, 2.24) is 5.32 Å². The van der Waals surface area contributed by atoms with Crippen molar-refractivity contribution in [2.75, 3.05) is 20.8 Å². The molecule has 0 bridgehead atoms. The van der Waals surface area contributed by atoms with E-state index in [0.29, 0.717) is 0 Å². The van der Waals surface area contributed by atoms with Crippen LogP contribution in [0.5, 0.6) is 0 Å². The molecule has 7 nitrogen and oxygen atoms in total. The molecule has 138 valence electrons. The average Bonchev–Trinajstić information content (AvgIpc) is 3.41. The Kier molecular flexibility index (Phi) is 6.89. The second-order valence-electron chi connectivity index (χ2n) is 6.01. The molecule has 1 fully saturated rings. The first-order chi connectivity index (χ1) is 12.6. The van der Waals surface area contributed by atoms with Crippen molar-refractivity contribution < 1.29 is 24.2 Å². The Morgan fingerprint density at radius 1 is 1.31 bits per heavy atom. The van der Waals surface area contributed by atoms with Crippen LogP contribution in [0.3, 0.4) is 0 Å². The number of carbonyl (C=O) groups is 2. The van der Waals surface area contributed by atoms with Gasteiger partial charge in [0.2, 0.25) is 0 Å². The zero-order valence-electron chi connectivity index (χ0n) is 14.7. The number of ether oxygens (including phenoxy) is 2. The van der Waals surface area contributed by atoms with Crippen LogP contribution < -0.4 is 5.32 Å². The summed E-state index contributed by atoms with van der Waals surface area (Å²) in [6.07, 6.45) is 2.82. The van der Waals surface area contributed by atoms with E-state index in [1.165, 1.54) is 20.3 Å². The number of hydrogen-bond acceptors (Lipinski definition) is 7. The molecular formula is C19H22N2O5. The van der Waals surface area contributed by atoms with E-state index < -0.39 is 29.9 Å². The summed E-state index contributed by atoms with van der Waals surface area (Å²) in [5.41, 5.74) is 0.840. The van der Waals surface area contributed by atoms with Gasteiger partial charge in [0.05, 0.1) is 38.9 Å². The summed E-state index contributed by atoms with van der Waals surface area (Å²) in [5, 5.41) is 22.4. The zero-order chi connectivity index (χ0) is 19.1. The van der Waals surface area contributed by atoms with E-state index in [4.69, 9.17) is 4.74 Å². The summed E-state index contributed by atoms with van der Waals surface area (Å²) in [4.78, 5) is 23.3. The smallest absolute Gasteiger partial charge is 0.330 e. The Morgan fingerprint density at radius 2 is 2.00 bits per heavy atom. The molecule has 0 amide bonds. The predicted octanol–water partition coefficient (Wildman–Crippen LogP) is 0.966. The van der Waals surface area contributed by atoms with Gasteiger partial charge in [-0.15, -0.1) is 0 Å². The summed E-state index contributed by atoms with van der Waals surface area (Å²) >= 11 is 0. The quantitative estimate of drug-likeness (QED) is 0.526. The van der Waals surface area contributed by atoms with E-state index in [1.54, 1.807) is 6.08 Å². The van der Waals surface area contributed by atoms with E-state index in [1.807, 2.05) is 30.3 Å². The van der Waals surface area contributed by atoms with Gasteiger partial charge in [-0.2, -0.15) is 5.26 Å². The molecule has 0 unspecified atom stereocenters. The van der Waals surface area contributed by atoms with Crippen molar-refractivity contribution >= 4 is 11.9 Å². The molecule has 0 spiro atoms. The van der Waals surface area contributed by atoms with Gasteiger partial charge in [0, 0.05) is 12.0 Å². The van der Waals surface area contributed by atoms with Crippen LogP contribution in [0.2, 0.25) is 0 Å². The number of carbonyl (C=O) groups excluding carboxylic acids is 2. The highest BCUT2D eigenvalue weighted by molar-refractivity contribution is 5.83. The van der Waals surface area contributed by atoms with Crippen molar-refractivity contribution in [2.45, 2.75) is 12.1 Å². The molecule has 1 saturated carbocycles. The third kappa shape index (κ3) is 4.48. The zero-order valence-corrected chi connectivity index (χ0v) is 14.7. The number of rotatable bonds is 8. The lowest BCUT2D eigenvalue weighted by atomic mass is 10.0. The van der Waals surface area contributed by atoms with Crippen molar-refractivity contribution in [3.63, 3.8) is 0 Å². The van der Waals surface area contributed by atoms with Gasteiger partial charge in [0.15, 0.2) is 0 Å². The molecule has 1 aliphatic rings. The first-order valence-corrected chi connectivity index (χ1v) is 8.22. The van der Waals surface area contributed by atoms with Crippen molar-refractivity contribution in [2.24, 2.45) is 17.8 Å². The van der Waals surface area contributed by atoms with Crippen LogP contribution in [0.1, 0.15) is 11.6 Å². The first-order valence-electron chi connectivity index (χ1n) is 8.22. The summed E-state index contributed by atoms with van der Waals surface area (Å²) in [5.74, 6) is -2.15. The Hall–Kier alpha value is -2.69. The molecule has 0 saturated heterocycles. The van der Waals surface area contributed by atoms with Crippen LogP contribution >= 0.6 is 0 Å². The minimum absolute atomic E-state index is 0.194. The highest BCUT2D eigenvalue weighted by atomic mass is 16.5. The molecule has 0 aromatic heterocycles. The number of aliphatic hydroxyl groups excluding tert-OH is 1. The van der Waals surface area contributed by atoms with Gasteiger partial charge in [-0.3, -0.25) is 10.1 Å². The SMILES string of the molecule is COC(=O)/C=C\[C@@H]1[C@@H](C(=O)OC)[C@@H]1[C@@H](C#N)N[C@@H](CO)c1ccccc1. The standard InChI is InChI=1S/C19H22N2O5/c1-25-16(23)9-8-13-17(18(13)19(24)26-2)14(10-20)21-15(11-22)12-6-4-3-5-7-12/h3-9,13-15,17-18,21-22H,11H2,1-2H3/b9-8-/t13-,14+,15-,17-,18+/m0/s1. The summed E-state index contributed by atoms with van der Waals surface area (Å²) in [6.45, 7) is -0.194. The topological polar surface area (TPSA) is 109 Å². The van der Waals surface area contributed by atoms with E-state index in [2.05, 4.69) is 16.1 Å². The number of nitrogens with zero attached hydrogens (tertiary/aromatic N) is 1. The van der Waals surface area contributed by atoms with E-state index >= 15 is 0 Å². The number of hydrogen-bond donors (Lipinski definition) is 2. The van der Waals surface area contributed by atoms with Crippen molar-refractivity contribution in [3.05, 3.63) is 48.0 Å². The molecule has 7 heteroatoms. The second-order valence-corrected chi connectivity index (χ2v) is 6.01. The molecule has 26 heavy (non-hydrogen) atoms. The highest BCUT2D eigenvalue weighted by Crippen LogP contribution is 2.50. The molecule has 5 atom stereocenters. The lowest BCUT2D eigenvalue weighted by Crippen LogP contribution is -2.36. The number of nitrogens with one attached hydrogen (secondary N) is 1. The van der Waals surface area contributed by atoms with Crippen LogP contribution in [-0.4, -0.2) is 43.9 Å². The summed E-state index contributed by atoms with van der Waals surface area (Å²) < 4.78 is 9.36. The monoisotopic (exact) mass is 358 g/mol. The van der Waals surface area contributed by atoms with E-state index in [-0.39, 0.29) is 18.4 Å². The predicted molar refractivity (Wildman–Crippen MR) is 92.4 cm³/mol. The highest BCUT2D eigenvalue weighted by Gasteiger charge is 2.58. The third-order valence-corrected chi connectivity index (χ3v) is 4.55. The second kappa shape index (κ2) is 9.13. The van der Waals surface area contributed by atoms with Gasteiger partial charge in [-0.05, 0) is 11.5 Å². The maximum absolute atomic E-state index is 12.0. The number of nitriles is 1. The minimum Gasteiger partial charge on any atom is -0.469 e. The van der Waals surface area contributed by atoms with Crippen LogP contribution in [0.25, 0.3) is 0 Å². The van der Waals surface area contributed by atoms with Crippen LogP contribution in [-0.2, 0) is 19.1 Å². The van der Waals surface area contributed by atoms with Gasteiger partial charge in [-0.1, -0.05) is 36.4 Å². The largest absolute Gasteiger partial charge is 0.469 e. The summed E-state index contributed by atoms with van der Waals surface area (Å²) in [6, 6.07) is 10.3. The normalized spacial score (nSPS) is 23.7. The van der Waals surface area contributed by atoms with Crippen LogP contribution in [0.4, 0.5) is 0 Å². The maximum Gasteiger partial charge on any atom is 0.330 e. The first kappa shape index (κ1) is 19.6. The number of methoxy groups -OCH3 is 2. The van der Waals surface area contributed by atoms with Gasteiger partial charge in [0.1, 0.15) is 6.04 Å². The van der Waals surface area contributed by atoms with Gasteiger partial charge >= 0.3 is 11.9 Å². The van der Waals surface area contributed by atoms with Gasteiger partial charge in [0.25, 0.3) is 0 Å². The fourth-order valence-electron chi connectivity index (χ4n) is 3.14. The Labute approximate surface area is 152 Å². The van der Waals surface area contributed by atoms with Crippen molar-refractivity contribution in [3.8, 4) is 6.07 Å². The lowest BCUT2D eigenvalue weighted by molar-refractivity contribution is -0.142. The molecular weight excluding hydrogens is 336 g/mol. The van der Waals surface area contributed by atoms with E-state index in [9.17, 15) is 20.0 Å². The van der Waals surface area contributed by atoms with Gasteiger partial charge in [-0.25, -0.2) is 4.79 Å². The fraction of sp³-hybridized carbons (Fsp3) is 0.421.